The Balaban J connectivity index is 1.91. The molecule has 9 nitrogen and oxygen atoms in total. The molecule has 1 amide bonds. The molecular weight excluding hydrogens is 513 g/mol. The fourth-order valence-electron chi connectivity index (χ4n) is 2.95. The van der Waals surface area contributed by atoms with E-state index in [0.29, 0.717) is 15.8 Å². The molecule has 0 heterocycles. The Morgan fingerprint density at radius 1 is 0.778 bits per heavy atom. The van der Waals surface area contributed by atoms with Gasteiger partial charge in [0.25, 0.3) is 5.91 Å². The molecule has 3 aromatic carbocycles. The number of esters is 2. The van der Waals surface area contributed by atoms with E-state index in [2.05, 4.69) is 5.32 Å². The summed E-state index contributed by atoms with van der Waals surface area (Å²) in [5.41, 5.74) is 0.188. The number of hydrogen-bond donors (Lipinski definition) is 2. The lowest BCUT2D eigenvalue weighted by molar-refractivity contribution is -0.157. The molecular formula is C25H19Cl2NO8. The molecule has 0 aliphatic rings. The summed E-state index contributed by atoms with van der Waals surface area (Å²) < 4.78 is 15.4. The number of hydrogen-bond acceptors (Lipinski definition) is 7. The molecule has 186 valence electrons. The van der Waals surface area contributed by atoms with Gasteiger partial charge in [0.1, 0.15) is 5.75 Å². The third kappa shape index (κ3) is 6.97. The second kappa shape index (κ2) is 12.1. The van der Waals surface area contributed by atoms with Crippen LogP contribution in [0, 0.1) is 0 Å². The van der Waals surface area contributed by atoms with Crippen LogP contribution in [-0.2, 0) is 19.1 Å². The minimum absolute atomic E-state index is 0.00764. The maximum atomic E-state index is 13.1. The lowest BCUT2D eigenvalue weighted by atomic mass is 10.1. The molecule has 0 saturated carbocycles. The molecule has 0 aliphatic heterocycles. The molecule has 3 rings (SSSR count). The van der Waals surface area contributed by atoms with Gasteiger partial charge in [-0.1, -0.05) is 29.3 Å². The van der Waals surface area contributed by atoms with Crippen LogP contribution in [0.2, 0.25) is 10.0 Å². The predicted molar refractivity (Wildman–Crippen MR) is 131 cm³/mol. The van der Waals surface area contributed by atoms with Gasteiger partial charge in [0.05, 0.1) is 18.2 Å². The number of carboxylic acids is 1. The summed E-state index contributed by atoms with van der Waals surface area (Å²) in [5.74, 6) is -4.47. The lowest BCUT2D eigenvalue weighted by Gasteiger charge is -2.23. The Labute approximate surface area is 215 Å². The van der Waals surface area contributed by atoms with Gasteiger partial charge in [0, 0.05) is 21.8 Å². The lowest BCUT2D eigenvalue weighted by Crippen LogP contribution is -2.48. The smallest absolute Gasteiger partial charge is 0.349 e. The highest BCUT2D eigenvalue weighted by Gasteiger charge is 2.41. The van der Waals surface area contributed by atoms with Crippen LogP contribution in [0.5, 0.6) is 5.75 Å². The first-order valence-electron chi connectivity index (χ1n) is 10.3. The van der Waals surface area contributed by atoms with Gasteiger partial charge in [0.2, 0.25) is 12.2 Å². The number of aliphatic carboxylic acids is 1. The van der Waals surface area contributed by atoms with Gasteiger partial charge < -0.3 is 24.6 Å². The number of amides is 1. The van der Waals surface area contributed by atoms with Gasteiger partial charge in [0.15, 0.2) is 0 Å². The van der Waals surface area contributed by atoms with Crippen LogP contribution < -0.4 is 10.1 Å². The summed E-state index contributed by atoms with van der Waals surface area (Å²) in [6, 6.07) is 17.1. The van der Waals surface area contributed by atoms with Crippen molar-refractivity contribution < 1.29 is 38.5 Å². The molecule has 3 aromatic rings. The Kier molecular flexibility index (Phi) is 8.88. The van der Waals surface area contributed by atoms with Crippen molar-refractivity contribution in [1.82, 2.24) is 0 Å². The van der Waals surface area contributed by atoms with Crippen LogP contribution in [0.1, 0.15) is 20.7 Å². The van der Waals surface area contributed by atoms with E-state index in [9.17, 15) is 24.3 Å². The second-order valence-corrected chi connectivity index (χ2v) is 8.10. The number of carboxylic acid groups (broad SMARTS) is 1. The number of ether oxygens (including phenoxy) is 3. The molecule has 0 aliphatic carbocycles. The average molecular weight is 532 g/mol. The topological polar surface area (TPSA) is 128 Å². The minimum Gasteiger partial charge on any atom is -0.497 e. The number of benzene rings is 3. The van der Waals surface area contributed by atoms with E-state index in [4.69, 9.17) is 37.4 Å². The fraction of sp³-hybridized carbons (Fsp3) is 0.120. The first-order chi connectivity index (χ1) is 17.2. The van der Waals surface area contributed by atoms with Crippen molar-refractivity contribution in [1.29, 1.82) is 0 Å². The number of rotatable bonds is 9. The molecule has 2 N–H and O–H groups in total. The van der Waals surface area contributed by atoms with Crippen molar-refractivity contribution in [3.05, 3.63) is 94.0 Å². The zero-order valence-electron chi connectivity index (χ0n) is 18.6. The van der Waals surface area contributed by atoms with Crippen molar-refractivity contribution in [2.24, 2.45) is 0 Å². The number of carbonyl (C=O) groups is 4. The van der Waals surface area contributed by atoms with E-state index in [-0.39, 0.29) is 16.8 Å². The van der Waals surface area contributed by atoms with Crippen LogP contribution in [0.3, 0.4) is 0 Å². The van der Waals surface area contributed by atoms with Gasteiger partial charge in [-0.25, -0.2) is 14.4 Å². The Morgan fingerprint density at radius 3 is 1.75 bits per heavy atom. The monoisotopic (exact) mass is 531 g/mol. The molecule has 11 heteroatoms. The molecule has 0 fully saturated rings. The molecule has 0 unspecified atom stereocenters. The maximum Gasteiger partial charge on any atom is 0.349 e. The highest BCUT2D eigenvalue weighted by atomic mass is 35.5. The van der Waals surface area contributed by atoms with Crippen molar-refractivity contribution in [3.63, 3.8) is 0 Å². The van der Waals surface area contributed by atoms with Crippen LogP contribution in [0.15, 0.2) is 72.8 Å². The summed E-state index contributed by atoms with van der Waals surface area (Å²) in [4.78, 5) is 50.5. The second-order valence-electron chi connectivity index (χ2n) is 7.23. The Hall–Kier alpha value is -4.08. The van der Waals surface area contributed by atoms with Crippen molar-refractivity contribution in [2.75, 3.05) is 12.4 Å². The quantitative estimate of drug-likeness (QED) is 0.387. The minimum atomic E-state index is -2.19. The maximum absolute atomic E-state index is 13.1. The predicted octanol–water partition coefficient (Wildman–Crippen LogP) is 4.48. The molecule has 0 bridgehead atoms. The molecule has 0 saturated heterocycles. The Morgan fingerprint density at radius 2 is 1.28 bits per heavy atom. The molecule has 2 atom stereocenters. The summed E-state index contributed by atoms with van der Waals surface area (Å²) in [5, 5.41) is 12.9. The SMILES string of the molecule is COc1cccc(NC(=O)[C@H](OC(=O)c2ccc(Cl)cc2)[C@H](OC(=O)c2ccc(Cl)cc2)C(=O)O)c1. The third-order valence-corrected chi connectivity index (χ3v) is 5.25. The van der Waals surface area contributed by atoms with Crippen molar-refractivity contribution in [2.45, 2.75) is 12.2 Å². The van der Waals surface area contributed by atoms with Gasteiger partial charge in [-0.05, 0) is 60.7 Å². The van der Waals surface area contributed by atoms with E-state index in [1.165, 1.54) is 67.8 Å². The van der Waals surface area contributed by atoms with Gasteiger partial charge >= 0.3 is 17.9 Å². The summed E-state index contributed by atoms with van der Waals surface area (Å²) in [6.07, 6.45) is -4.25. The summed E-state index contributed by atoms with van der Waals surface area (Å²) in [7, 11) is 1.42. The Bertz CT molecular complexity index is 1260. The fourth-order valence-corrected chi connectivity index (χ4v) is 3.20. The zero-order chi connectivity index (χ0) is 26.2. The van der Waals surface area contributed by atoms with Crippen LogP contribution in [0.4, 0.5) is 5.69 Å². The van der Waals surface area contributed by atoms with E-state index in [1.807, 2.05) is 0 Å². The highest BCUT2D eigenvalue weighted by Crippen LogP contribution is 2.20. The molecule has 0 aromatic heterocycles. The van der Waals surface area contributed by atoms with Crippen LogP contribution >= 0.6 is 23.2 Å². The van der Waals surface area contributed by atoms with Gasteiger partial charge in [-0.2, -0.15) is 0 Å². The van der Waals surface area contributed by atoms with Gasteiger partial charge in [-0.3, -0.25) is 4.79 Å². The van der Waals surface area contributed by atoms with E-state index in [1.54, 1.807) is 12.1 Å². The number of carbonyl (C=O) groups excluding carboxylic acids is 3. The molecule has 0 radical (unpaired) electrons. The largest absolute Gasteiger partial charge is 0.497 e. The third-order valence-electron chi connectivity index (χ3n) is 4.74. The standard InChI is InChI=1S/C25H19Cl2NO8/c1-34-19-4-2-3-18(13-19)28-22(29)20(35-24(32)14-5-9-16(26)10-6-14)21(23(30)31)36-25(33)15-7-11-17(27)12-8-15/h2-13,20-21H,1H3,(H,28,29)(H,30,31)/t20-,21+/m1/s1. The van der Waals surface area contributed by atoms with Crippen molar-refractivity contribution >= 4 is 52.7 Å². The number of methoxy groups -OCH3 is 1. The number of nitrogens with one attached hydrogen (secondary N) is 1. The molecule has 36 heavy (non-hydrogen) atoms. The summed E-state index contributed by atoms with van der Waals surface area (Å²) in [6.45, 7) is 0. The van der Waals surface area contributed by atoms with Crippen LogP contribution in [0.25, 0.3) is 0 Å². The van der Waals surface area contributed by atoms with Gasteiger partial charge in [-0.15, -0.1) is 0 Å². The van der Waals surface area contributed by atoms with Crippen LogP contribution in [-0.4, -0.2) is 48.2 Å². The first-order valence-corrected chi connectivity index (χ1v) is 11.0. The highest BCUT2D eigenvalue weighted by molar-refractivity contribution is 6.31. The average Bonchev–Trinajstić information content (AvgIpc) is 2.86. The molecule has 0 spiro atoms. The zero-order valence-corrected chi connectivity index (χ0v) is 20.2. The summed E-state index contributed by atoms with van der Waals surface area (Å²) >= 11 is 11.6. The van der Waals surface area contributed by atoms with E-state index < -0.39 is 36.0 Å². The number of anilines is 1. The normalized spacial score (nSPS) is 12.1. The van der Waals surface area contributed by atoms with E-state index >= 15 is 0 Å². The van der Waals surface area contributed by atoms with E-state index in [0.717, 1.165) is 0 Å². The number of halogens is 2. The van der Waals surface area contributed by atoms with Crippen molar-refractivity contribution in [3.8, 4) is 5.75 Å². The first kappa shape index (κ1) is 26.5.